The second kappa shape index (κ2) is 8.29. The molecule has 1 heterocycles. The summed E-state index contributed by atoms with van der Waals surface area (Å²) < 4.78 is 0. The first-order valence-corrected chi connectivity index (χ1v) is 8.83. The van der Waals surface area contributed by atoms with Crippen molar-refractivity contribution in [3.05, 3.63) is 29.8 Å². The van der Waals surface area contributed by atoms with E-state index in [0.29, 0.717) is 19.0 Å². The van der Waals surface area contributed by atoms with Crippen LogP contribution in [-0.2, 0) is 9.59 Å². The molecular formula is C19H29N3O2. The fourth-order valence-electron chi connectivity index (χ4n) is 3.09. The summed E-state index contributed by atoms with van der Waals surface area (Å²) in [5.74, 6) is 0.534. The zero-order valence-electron chi connectivity index (χ0n) is 15.2. The van der Waals surface area contributed by atoms with Gasteiger partial charge >= 0.3 is 0 Å². The van der Waals surface area contributed by atoms with Crippen molar-refractivity contribution < 1.29 is 9.59 Å². The molecule has 2 unspecified atom stereocenters. The second-order valence-electron chi connectivity index (χ2n) is 6.60. The number of carbonyl (C=O) groups excluding carboxylic acids is 2. The highest BCUT2D eigenvalue weighted by Crippen LogP contribution is 2.26. The number of benzene rings is 1. The highest BCUT2D eigenvalue weighted by atomic mass is 16.2. The first kappa shape index (κ1) is 18.5. The Morgan fingerprint density at radius 1 is 1.12 bits per heavy atom. The zero-order chi connectivity index (χ0) is 17.7. The van der Waals surface area contributed by atoms with Crippen LogP contribution >= 0.6 is 0 Å². The number of amides is 2. The van der Waals surface area contributed by atoms with E-state index < -0.39 is 0 Å². The summed E-state index contributed by atoms with van der Waals surface area (Å²) in [6.45, 7) is 10.7. The van der Waals surface area contributed by atoms with Crippen molar-refractivity contribution in [1.82, 2.24) is 9.80 Å². The van der Waals surface area contributed by atoms with Crippen molar-refractivity contribution in [2.24, 2.45) is 0 Å². The van der Waals surface area contributed by atoms with Crippen LogP contribution in [0.5, 0.6) is 0 Å². The second-order valence-corrected chi connectivity index (χ2v) is 6.60. The van der Waals surface area contributed by atoms with E-state index in [0.717, 1.165) is 25.2 Å². The van der Waals surface area contributed by atoms with Gasteiger partial charge in [0.1, 0.15) is 0 Å². The SMILES string of the molecule is CCC(C)c1ccccc1NC(=O)C(C)N1CCN(C(C)=O)CC1. The Labute approximate surface area is 145 Å². The van der Waals surface area contributed by atoms with Crippen LogP contribution in [0.2, 0.25) is 0 Å². The maximum Gasteiger partial charge on any atom is 0.241 e. The normalized spacial score (nSPS) is 18.1. The molecule has 0 radical (unpaired) electrons. The van der Waals surface area contributed by atoms with Gasteiger partial charge in [-0.05, 0) is 30.9 Å². The number of carbonyl (C=O) groups is 2. The monoisotopic (exact) mass is 331 g/mol. The molecule has 1 saturated heterocycles. The maximum absolute atomic E-state index is 12.7. The quantitative estimate of drug-likeness (QED) is 0.902. The summed E-state index contributed by atoms with van der Waals surface area (Å²) >= 11 is 0. The first-order valence-electron chi connectivity index (χ1n) is 8.83. The van der Waals surface area contributed by atoms with Gasteiger partial charge in [-0.2, -0.15) is 0 Å². The fourth-order valence-corrected chi connectivity index (χ4v) is 3.09. The van der Waals surface area contributed by atoms with Gasteiger partial charge in [0.25, 0.3) is 0 Å². The summed E-state index contributed by atoms with van der Waals surface area (Å²) in [5.41, 5.74) is 2.09. The minimum Gasteiger partial charge on any atom is -0.340 e. The number of hydrogen-bond acceptors (Lipinski definition) is 3. The van der Waals surface area contributed by atoms with Crippen molar-refractivity contribution >= 4 is 17.5 Å². The molecule has 2 amide bonds. The fraction of sp³-hybridized carbons (Fsp3) is 0.579. The van der Waals surface area contributed by atoms with Crippen LogP contribution in [0.15, 0.2) is 24.3 Å². The number of rotatable bonds is 5. The van der Waals surface area contributed by atoms with E-state index >= 15 is 0 Å². The third kappa shape index (κ3) is 4.35. The van der Waals surface area contributed by atoms with Crippen LogP contribution in [0.4, 0.5) is 5.69 Å². The standard InChI is InChI=1S/C19H29N3O2/c1-5-14(2)17-8-6-7-9-18(17)20-19(24)15(3)21-10-12-22(13-11-21)16(4)23/h6-9,14-15H,5,10-13H2,1-4H3,(H,20,24). The molecule has 2 atom stereocenters. The molecule has 24 heavy (non-hydrogen) atoms. The van der Waals surface area contributed by atoms with Crippen LogP contribution in [0.3, 0.4) is 0 Å². The van der Waals surface area contributed by atoms with Gasteiger partial charge in [0.15, 0.2) is 0 Å². The number of nitrogens with one attached hydrogen (secondary N) is 1. The molecule has 5 nitrogen and oxygen atoms in total. The lowest BCUT2D eigenvalue weighted by Gasteiger charge is -2.37. The van der Waals surface area contributed by atoms with Crippen LogP contribution in [0.1, 0.15) is 45.6 Å². The third-order valence-electron chi connectivity index (χ3n) is 5.05. The van der Waals surface area contributed by atoms with Crippen LogP contribution in [-0.4, -0.2) is 53.8 Å². The molecule has 0 bridgehead atoms. The van der Waals surface area contributed by atoms with E-state index in [1.807, 2.05) is 30.0 Å². The van der Waals surface area contributed by atoms with Gasteiger partial charge in [0, 0.05) is 38.8 Å². The number of para-hydroxylation sites is 1. The summed E-state index contributed by atoms with van der Waals surface area (Å²) in [6.07, 6.45) is 1.04. The molecule has 0 saturated carbocycles. The zero-order valence-corrected chi connectivity index (χ0v) is 15.2. The first-order chi connectivity index (χ1) is 11.4. The molecule has 1 aliphatic heterocycles. The number of hydrogen-bond donors (Lipinski definition) is 1. The molecule has 1 aromatic carbocycles. The summed E-state index contributed by atoms with van der Waals surface area (Å²) in [5, 5.41) is 3.10. The summed E-state index contributed by atoms with van der Waals surface area (Å²) in [6, 6.07) is 7.82. The van der Waals surface area contributed by atoms with Gasteiger partial charge in [-0.3, -0.25) is 14.5 Å². The van der Waals surface area contributed by atoms with Gasteiger partial charge in [-0.25, -0.2) is 0 Å². The van der Waals surface area contributed by atoms with E-state index in [9.17, 15) is 9.59 Å². The molecule has 0 spiro atoms. The number of piperazine rings is 1. The van der Waals surface area contributed by atoms with E-state index in [1.54, 1.807) is 6.92 Å². The maximum atomic E-state index is 12.7. The Morgan fingerprint density at radius 3 is 2.33 bits per heavy atom. The minimum absolute atomic E-state index is 0.0158. The molecule has 1 aliphatic rings. The lowest BCUT2D eigenvalue weighted by atomic mass is 9.97. The van der Waals surface area contributed by atoms with E-state index in [4.69, 9.17) is 0 Å². The highest BCUT2D eigenvalue weighted by Gasteiger charge is 2.26. The largest absolute Gasteiger partial charge is 0.340 e. The van der Waals surface area contributed by atoms with Crippen molar-refractivity contribution in [3.63, 3.8) is 0 Å². The van der Waals surface area contributed by atoms with Crippen LogP contribution < -0.4 is 5.32 Å². The predicted molar refractivity (Wildman–Crippen MR) is 97.1 cm³/mol. The lowest BCUT2D eigenvalue weighted by Crippen LogP contribution is -2.53. The van der Waals surface area contributed by atoms with Crippen molar-refractivity contribution in [2.75, 3.05) is 31.5 Å². The van der Waals surface area contributed by atoms with Gasteiger partial charge < -0.3 is 10.2 Å². The van der Waals surface area contributed by atoms with Gasteiger partial charge in [0.05, 0.1) is 6.04 Å². The Bertz CT molecular complexity index is 580. The van der Waals surface area contributed by atoms with Crippen molar-refractivity contribution in [1.29, 1.82) is 0 Å². The number of nitrogens with zero attached hydrogens (tertiary/aromatic N) is 2. The Morgan fingerprint density at radius 2 is 1.75 bits per heavy atom. The topological polar surface area (TPSA) is 52.7 Å². The molecule has 1 N–H and O–H groups in total. The predicted octanol–water partition coefficient (Wildman–Crippen LogP) is 2.69. The molecule has 132 valence electrons. The van der Waals surface area contributed by atoms with Crippen molar-refractivity contribution in [2.45, 2.75) is 46.1 Å². The molecular weight excluding hydrogens is 302 g/mol. The molecule has 2 rings (SSSR count). The summed E-state index contributed by atoms with van der Waals surface area (Å²) in [4.78, 5) is 28.0. The van der Waals surface area contributed by atoms with Crippen molar-refractivity contribution in [3.8, 4) is 0 Å². The Hall–Kier alpha value is -1.88. The molecule has 0 aromatic heterocycles. The van der Waals surface area contributed by atoms with E-state index in [1.165, 1.54) is 5.56 Å². The third-order valence-corrected chi connectivity index (χ3v) is 5.05. The molecule has 1 fully saturated rings. The average molecular weight is 331 g/mol. The van der Waals surface area contributed by atoms with Crippen LogP contribution in [0, 0.1) is 0 Å². The lowest BCUT2D eigenvalue weighted by molar-refractivity contribution is -0.131. The summed E-state index contributed by atoms with van der Waals surface area (Å²) in [7, 11) is 0. The minimum atomic E-state index is -0.205. The number of anilines is 1. The molecule has 0 aliphatic carbocycles. The van der Waals surface area contributed by atoms with E-state index in [2.05, 4.69) is 30.1 Å². The Kier molecular flexibility index (Phi) is 6.37. The van der Waals surface area contributed by atoms with Gasteiger partial charge in [-0.1, -0.05) is 32.0 Å². The van der Waals surface area contributed by atoms with Gasteiger partial charge in [0.2, 0.25) is 11.8 Å². The highest BCUT2D eigenvalue weighted by molar-refractivity contribution is 5.95. The van der Waals surface area contributed by atoms with Crippen LogP contribution in [0.25, 0.3) is 0 Å². The van der Waals surface area contributed by atoms with Gasteiger partial charge in [-0.15, -0.1) is 0 Å². The Balaban J connectivity index is 1.99. The van der Waals surface area contributed by atoms with E-state index in [-0.39, 0.29) is 17.9 Å². The smallest absolute Gasteiger partial charge is 0.241 e. The molecule has 5 heteroatoms. The average Bonchev–Trinajstić information content (AvgIpc) is 2.60. The molecule has 1 aromatic rings.